The van der Waals surface area contributed by atoms with Gasteiger partial charge in [-0.25, -0.2) is 4.39 Å². The zero-order valence-corrected chi connectivity index (χ0v) is 16.1. The Bertz CT molecular complexity index is 795. The summed E-state index contributed by atoms with van der Waals surface area (Å²) in [6.45, 7) is 3.03. The van der Waals surface area contributed by atoms with E-state index in [9.17, 15) is 14.0 Å². The molecule has 0 aliphatic carbocycles. The van der Waals surface area contributed by atoms with E-state index in [0.717, 1.165) is 24.5 Å². The Balaban J connectivity index is 1.98. The second-order valence-corrected chi connectivity index (χ2v) is 7.12. The van der Waals surface area contributed by atoms with E-state index in [0.29, 0.717) is 23.0 Å². The van der Waals surface area contributed by atoms with Crippen LogP contribution in [0.15, 0.2) is 24.3 Å². The molecule has 1 aromatic heterocycles. The van der Waals surface area contributed by atoms with Crippen LogP contribution in [0.4, 0.5) is 9.39 Å². The van der Waals surface area contributed by atoms with Gasteiger partial charge in [0, 0.05) is 20.3 Å². The molecule has 0 fully saturated rings. The Morgan fingerprint density at radius 2 is 2.00 bits per heavy atom. The highest BCUT2D eigenvalue weighted by molar-refractivity contribution is 7.18. The molecular formula is C18H20ClFN2O3S. The SMILES string of the molecule is COCCCCNC(=O)c1sc(NC(=O)c2ccc(F)cc2Cl)cc1C. The van der Waals surface area contributed by atoms with Gasteiger partial charge in [-0.15, -0.1) is 11.3 Å². The maximum atomic E-state index is 13.1. The van der Waals surface area contributed by atoms with Crippen molar-refractivity contribution in [2.24, 2.45) is 0 Å². The summed E-state index contributed by atoms with van der Waals surface area (Å²) < 4.78 is 18.1. The van der Waals surface area contributed by atoms with Gasteiger partial charge in [0.15, 0.2) is 0 Å². The second kappa shape index (κ2) is 9.66. The number of unbranched alkanes of at least 4 members (excludes halogenated alkanes) is 1. The number of ether oxygens (including phenoxy) is 1. The minimum atomic E-state index is -0.511. The Kier molecular flexibility index (Phi) is 7.56. The maximum absolute atomic E-state index is 13.1. The largest absolute Gasteiger partial charge is 0.385 e. The first-order valence-electron chi connectivity index (χ1n) is 8.06. The van der Waals surface area contributed by atoms with Crippen LogP contribution in [0.1, 0.15) is 38.4 Å². The van der Waals surface area contributed by atoms with Crippen molar-refractivity contribution in [1.29, 1.82) is 0 Å². The molecule has 26 heavy (non-hydrogen) atoms. The van der Waals surface area contributed by atoms with E-state index in [1.807, 2.05) is 0 Å². The number of thiophene rings is 1. The zero-order chi connectivity index (χ0) is 19.1. The lowest BCUT2D eigenvalue weighted by Gasteiger charge is -2.05. The molecule has 0 spiro atoms. The second-order valence-electron chi connectivity index (χ2n) is 5.66. The van der Waals surface area contributed by atoms with Crippen molar-refractivity contribution in [3.8, 4) is 0 Å². The number of carbonyl (C=O) groups excluding carboxylic acids is 2. The number of anilines is 1. The molecule has 5 nitrogen and oxygen atoms in total. The van der Waals surface area contributed by atoms with Crippen LogP contribution in [0.3, 0.4) is 0 Å². The maximum Gasteiger partial charge on any atom is 0.261 e. The van der Waals surface area contributed by atoms with E-state index in [4.69, 9.17) is 16.3 Å². The van der Waals surface area contributed by atoms with Gasteiger partial charge < -0.3 is 15.4 Å². The summed E-state index contributed by atoms with van der Waals surface area (Å²) in [6.07, 6.45) is 1.70. The molecular weight excluding hydrogens is 379 g/mol. The standard InChI is InChI=1S/C18H20ClFN2O3S/c1-11-9-15(22-17(23)13-6-5-12(20)10-14(13)19)26-16(11)18(24)21-7-3-4-8-25-2/h5-6,9-10H,3-4,7-8H2,1-2H3,(H,21,24)(H,22,23). The number of benzene rings is 1. The summed E-state index contributed by atoms with van der Waals surface area (Å²) >= 11 is 7.08. The fraction of sp³-hybridized carbons (Fsp3) is 0.333. The number of methoxy groups -OCH3 is 1. The first-order chi connectivity index (χ1) is 12.4. The summed E-state index contributed by atoms with van der Waals surface area (Å²) in [5.74, 6) is -1.14. The van der Waals surface area contributed by atoms with Crippen LogP contribution in [-0.2, 0) is 4.74 Å². The van der Waals surface area contributed by atoms with Gasteiger partial charge in [0.2, 0.25) is 0 Å². The number of aryl methyl sites for hydroxylation is 1. The minimum Gasteiger partial charge on any atom is -0.385 e. The molecule has 0 radical (unpaired) electrons. The van der Waals surface area contributed by atoms with Crippen molar-refractivity contribution in [1.82, 2.24) is 5.32 Å². The first kappa shape index (κ1) is 20.4. The van der Waals surface area contributed by atoms with Crippen LogP contribution in [0, 0.1) is 12.7 Å². The van der Waals surface area contributed by atoms with E-state index in [1.165, 1.54) is 23.5 Å². The fourth-order valence-corrected chi connectivity index (χ4v) is 3.51. The molecule has 2 aromatic rings. The van der Waals surface area contributed by atoms with Gasteiger partial charge in [0.25, 0.3) is 11.8 Å². The predicted octanol–water partition coefficient (Wildman–Crippen LogP) is 4.26. The average Bonchev–Trinajstić information content (AvgIpc) is 2.94. The van der Waals surface area contributed by atoms with Crippen LogP contribution < -0.4 is 10.6 Å². The van der Waals surface area contributed by atoms with E-state index in [2.05, 4.69) is 10.6 Å². The number of rotatable bonds is 8. The first-order valence-corrected chi connectivity index (χ1v) is 9.25. The molecule has 2 rings (SSSR count). The molecule has 0 aliphatic rings. The number of hydrogen-bond donors (Lipinski definition) is 2. The number of hydrogen-bond acceptors (Lipinski definition) is 4. The molecule has 2 amide bonds. The smallest absolute Gasteiger partial charge is 0.261 e. The molecule has 0 saturated heterocycles. The zero-order valence-electron chi connectivity index (χ0n) is 14.5. The molecule has 8 heteroatoms. The number of nitrogens with one attached hydrogen (secondary N) is 2. The van der Waals surface area contributed by atoms with Gasteiger partial charge >= 0.3 is 0 Å². The number of halogens is 2. The van der Waals surface area contributed by atoms with Crippen molar-refractivity contribution in [2.45, 2.75) is 19.8 Å². The van der Waals surface area contributed by atoms with E-state index < -0.39 is 11.7 Å². The molecule has 0 bridgehead atoms. The van der Waals surface area contributed by atoms with Gasteiger partial charge in [-0.05, 0) is 49.6 Å². The van der Waals surface area contributed by atoms with Crippen molar-refractivity contribution < 1.29 is 18.7 Å². The Morgan fingerprint density at radius 3 is 2.69 bits per heavy atom. The Labute approximate surface area is 160 Å². The summed E-state index contributed by atoms with van der Waals surface area (Å²) in [5.41, 5.74) is 0.938. The lowest BCUT2D eigenvalue weighted by Crippen LogP contribution is -2.24. The quantitative estimate of drug-likeness (QED) is 0.653. The Morgan fingerprint density at radius 1 is 1.23 bits per heavy atom. The minimum absolute atomic E-state index is 0.0322. The fourth-order valence-electron chi connectivity index (χ4n) is 2.28. The molecule has 140 valence electrons. The summed E-state index contributed by atoms with van der Waals surface area (Å²) in [6, 6.07) is 5.29. The molecule has 0 unspecified atom stereocenters. The van der Waals surface area contributed by atoms with Crippen LogP contribution in [0.5, 0.6) is 0 Å². The van der Waals surface area contributed by atoms with Gasteiger partial charge in [0.05, 0.1) is 20.5 Å². The monoisotopic (exact) mass is 398 g/mol. The predicted molar refractivity (Wildman–Crippen MR) is 102 cm³/mol. The summed E-state index contributed by atoms with van der Waals surface area (Å²) in [7, 11) is 1.64. The summed E-state index contributed by atoms with van der Waals surface area (Å²) in [4.78, 5) is 25.1. The van der Waals surface area contributed by atoms with E-state index in [1.54, 1.807) is 20.1 Å². The van der Waals surface area contributed by atoms with Crippen molar-refractivity contribution in [3.05, 3.63) is 51.1 Å². The average molecular weight is 399 g/mol. The molecule has 1 heterocycles. The van der Waals surface area contributed by atoms with Gasteiger partial charge in [-0.2, -0.15) is 0 Å². The van der Waals surface area contributed by atoms with Crippen LogP contribution >= 0.6 is 22.9 Å². The van der Waals surface area contributed by atoms with Crippen molar-refractivity contribution in [3.63, 3.8) is 0 Å². The van der Waals surface area contributed by atoms with Crippen molar-refractivity contribution in [2.75, 3.05) is 25.6 Å². The van der Waals surface area contributed by atoms with Crippen LogP contribution in [0.25, 0.3) is 0 Å². The lowest BCUT2D eigenvalue weighted by atomic mass is 10.2. The molecule has 0 atom stereocenters. The van der Waals surface area contributed by atoms with Crippen LogP contribution in [0.2, 0.25) is 5.02 Å². The van der Waals surface area contributed by atoms with E-state index >= 15 is 0 Å². The highest BCUT2D eigenvalue weighted by Gasteiger charge is 2.16. The molecule has 0 aliphatic heterocycles. The van der Waals surface area contributed by atoms with Crippen molar-refractivity contribution >= 4 is 39.8 Å². The number of carbonyl (C=O) groups is 2. The molecule has 2 N–H and O–H groups in total. The Hall–Kier alpha value is -1.96. The van der Waals surface area contributed by atoms with Crippen LogP contribution in [-0.4, -0.2) is 32.1 Å². The van der Waals surface area contributed by atoms with E-state index in [-0.39, 0.29) is 16.5 Å². The number of amides is 2. The highest BCUT2D eigenvalue weighted by atomic mass is 35.5. The van der Waals surface area contributed by atoms with Gasteiger partial charge in [-0.1, -0.05) is 11.6 Å². The third-order valence-corrected chi connectivity index (χ3v) is 5.06. The lowest BCUT2D eigenvalue weighted by molar-refractivity contribution is 0.0954. The molecule has 1 aromatic carbocycles. The third kappa shape index (κ3) is 5.52. The topological polar surface area (TPSA) is 67.4 Å². The normalized spacial score (nSPS) is 10.6. The van der Waals surface area contributed by atoms with Gasteiger partial charge in [0.1, 0.15) is 5.82 Å². The summed E-state index contributed by atoms with van der Waals surface area (Å²) in [5, 5.41) is 6.11. The molecule has 0 saturated carbocycles. The highest BCUT2D eigenvalue weighted by Crippen LogP contribution is 2.28. The van der Waals surface area contributed by atoms with Gasteiger partial charge in [-0.3, -0.25) is 9.59 Å². The third-order valence-electron chi connectivity index (χ3n) is 3.60.